The van der Waals surface area contributed by atoms with Gasteiger partial charge in [-0.05, 0) is 47.2 Å². The highest BCUT2D eigenvalue weighted by Gasteiger charge is 2.26. The minimum absolute atomic E-state index is 0.522. The van der Waals surface area contributed by atoms with Gasteiger partial charge in [-0.1, -0.05) is 60.1 Å². The molecule has 0 unspecified atom stereocenters. The maximum Gasteiger partial charge on any atom is 0.106 e. The van der Waals surface area contributed by atoms with E-state index in [1.807, 2.05) is 18.2 Å². The van der Waals surface area contributed by atoms with E-state index in [1.165, 1.54) is 0 Å². The standard InChI is InChI=1S/C19H15Cl2IN2/c1-3-24-12(2)17(22)10-15(13-7-5-4-6-8-13)19(24)18-16(21)9-14(20)11-23-18/h4-11H,2-3H2,1H3. The van der Waals surface area contributed by atoms with Gasteiger partial charge in [0, 0.05) is 27.6 Å². The summed E-state index contributed by atoms with van der Waals surface area (Å²) in [4.78, 5) is 6.64. The first kappa shape index (κ1) is 17.5. The van der Waals surface area contributed by atoms with Gasteiger partial charge in [0.15, 0.2) is 0 Å². The van der Waals surface area contributed by atoms with Crippen molar-refractivity contribution in [1.82, 2.24) is 9.88 Å². The summed E-state index contributed by atoms with van der Waals surface area (Å²) in [6.07, 6.45) is 3.75. The first-order valence-electron chi connectivity index (χ1n) is 7.48. The predicted octanol–water partition coefficient (Wildman–Crippen LogP) is 6.42. The van der Waals surface area contributed by atoms with Crippen molar-refractivity contribution in [1.29, 1.82) is 0 Å². The monoisotopic (exact) mass is 468 g/mol. The molecule has 122 valence electrons. The molecule has 0 saturated heterocycles. The smallest absolute Gasteiger partial charge is 0.106 e. The zero-order chi connectivity index (χ0) is 17.3. The lowest BCUT2D eigenvalue weighted by Gasteiger charge is -2.33. The van der Waals surface area contributed by atoms with Gasteiger partial charge >= 0.3 is 0 Å². The zero-order valence-corrected chi connectivity index (χ0v) is 16.7. The number of likely N-dealkylation sites (N-methyl/N-ethyl adjacent to an activating group) is 1. The SMILES string of the molecule is C=C1C(I)=CC(c2ccccc2)=C(c2ncc(Cl)cc2Cl)N1CC. The van der Waals surface area contributed by atoms with Crippen molar-refractivity contribution in [2.24, 2.45) is 0 Å². The fraction of sp³-hybridized carbons (Fsp3) is 0.105. The van der Waals surface area contributed by atoms with E-state index in [0.717, 1.165) is 32.7 Å². The lowest BCUT2D eigenvalue weighted by molar-refractivity contribution is 0.529. The highest BCUT2D eigenvalue weighted by molar-refractivity contribution is 14.1. The van der Waals surface area contributed by atoms with Crippen molar-refractivity contribution in [3.63, 3.8) is 0 Å². The van der Waals surface area contributed by atoms with Gasteiger partial charge in [0.1, 0.15) is 5.69 Å². The second-order valence-electron chi connectivity index (χ2n) is 5.30. The highest BCUT2D eigenvalue weighted by Crippen LogP contribution is 2.42. The van der Waals surface area contributed by atoms with E-state index in [1.54, 1.807) is 12.3 Å². The van der Waals surface area contributed by atoms with Crippen LogP contribution in [0.2, 0.25) is 10.0 Å². The van der Waals surface area contributed by atoms with Crippen molar-refractivity contribution >= 4 is 57.1 Å². The fourth-order valence-electron chi connectivity index (χ4n) is 2.72. The number of nitrogens with zero attached hydrogens (tertiary/aromatic N) is 2. The molecule has 3 rings (SSSR count). The normalized spacial score (nSPS) is 14.9. The van der Waals surface area contributed by atoms with E-state index < -0.39 is 0 Å². The van der Waals surface area contributed by atoms with Crippen molar-refractivity contribution in [3.05, 3.63) is 85.8 Å². The van der Waals surface area contributed by atoms with Crippen molar-refractivity contribution in [2.45, 2.75) is 6.92 Å². The minimum Gasteiger partial charge on any atom is -0.339 e. The number of benzene rings is 1. The lowest BCUT2D eigenvalue weighted by Crippen LogP contribution is -2.25. The quantitative estimate of drug-likeness (QED) is 0.483. The van der Waals surface area contributed by atoms with Crippen molar-refractivity contribution in [2.75, 3.05) is 6.54 Å². The summed E-state index contributed by atoms with van der Waals surface area (Å²) in [5, 5.41) is 1.05. The number of halogens is 3. The van der Waals surface area contributed by atoms with Gasteiger partial charge in [-0.25, -0.2) is 0 Å². The Morgan fingerprint density at radius 2 is 1.92 bits per heavy atom. The molecule has 0 amide bonds. The molecule has 1 aliphatic heterocycles. The number of pyridine rings is 1. The van der Waals surface area contributed by atoms with E-state index in [-0.39, 0.29) is 0 Å². The molecule has 0 bridgehead atoms. The molecule has 24 heavy (non-hydrogen) atoms. The van der Waals surface area contributed by atoms with Gasteiger partial charge in [-0.3, -0.25) is 4.98 Å². The Morgan fingerprint density at radius 3 is 2.54 bits per heavy atom. The number of hydrogen-bond acceptors (Lipinski definition) is 2. The molecule has 0 N–H and O–H groups in total. The Bertz CT molecular complexity index is 857. The van der Waals surface area contributed by atoms with Crippen molar-refractivity contribution < 1.29 is 0 Å². The third-order valence-electron chi connectivity index (χ3n) is 3.83. The van der Waals surface area contributed by atoms with Crippen LogP contribution in [0.5, 0.6) is 0 Å². The Kier molecular flexibility index (Phi) is 5.33. The summed E-state index contributed by atoms with van der Waals surface area (Å²) in [6, 6.07) is 11.9. The van der Waals surface area contributed by atoms with Crippen LogP contribution in [-0.4, -0.2) is 16.4 Å². The molecule has 1 aliphatic rings. The summed E-state index contributed by atoms with van der Waals surface area (Å²) < 4.78 is 1.10. The predicted molar refractivity (Wildman–Crippen MR) is 111 cm³/mol. The van der Waals surface area contributed by atoms with Gasteiger partial charge in [0.2, 0.25) is 0 Å². The number of aromatic nitrogens is 1. The molecule has 1 aromatic carbocycles. The fourth-order valence-corrected chi connectivity index (χ4v) is 3.79. The Hall–Kier alpha value is -1.30. The molecule has 0 saturated carbocycles. The molecule has 2 nitrogen and oxygen atoms in total. The molecule has 5 heteroatoms. The third-order valence-corrected chi connectivity index (χ3v) is 5.26. The largest absolute Gasteiger partial charge is 0.339 e. The first-order chi connectivity index (χ1) is 11.5. The minimum atomic E-state index is 0.522. The van der Waals surface area contributed by atoms with E-state index in [9.17, 15) is 0 Å². The molecule has 0 aliphatic carbocycles. The summed E-state index contributed by atoms with van der Waals surface area (Å²) in [5.74, 6) is 0. The van der Waals surface area contributed by atoms with Crippen LogP contribution >= 0.6 is 45.8 Å². The molecule has 2 aromatic rings. The maximum atomic E-state index is 6.46. The van der Waals surface area contributed by atoms with E-state index in [2.05, 4.69) is 64.2 Å². The van der Waals surface area contributed by atoms with Gasteiger partial charge in [-0.2, -0.15) is 0 Å². The number of allylic oxidation sites excluding steroid dienone is 3. The Morgan fingerprint density at radius 1 is 1.21 bits per heavy atom. The highest BCUT2D eigenvalue weighted by atomic mass is 127. The van der Waals surface area contributed by atoms with Crippen LogP contribution in [-0.2, 0) is 0 Å². The maximum absolute atomic E-state index is 6.46. The molecule has 1 aromatic heterocycles. The Labute approximate surface area is 165 Å². The van der Waals surface area contributed by atoms with Gasteiger partial charge < -0.3 is 4.90 Å². The second kappa shape index (κ2) is 7.30. The molecular weight excluding hydrogens is 454 g/mol. The third kappa shape index (κ3) is 3.25. The average Bonchev–Trinajstić information content (AvgIpc) is 2.58. The van der Waals surface area contributed by atoms with Crippen molar-refractivity contribution in [3.8, 4) is 0 Å². The number of hydrogen-bond donors (Lipinski definition) is 0. The summed E-state index contributed by atoms with van der Waals surface area (Å²) >= 11 is 14.8. The summed E-state index contributed by atoms with van der Waals surface area (Å²) in [5.41, 5.74) is 4.80. The molecule has 0 spiro atoms. The molecule has 0 fully saturated rings. The van der Waals surface area contributed by atoms with Crippen LogP contribution in [0.3, 0.4) is 0 Å². The van der Waals surface area contributed by atoms with E-state index in [4.69, 9.17) is 23.2 Å². The van der Waals surface area contributed by atoms with Crippen LogP contribution < -0.4 is 0 Å². The van der Waals surface area contributed by atoms with Crippen LogP contribution in [0, 0.1) is 0 Å². The second-order valence-corrected chi connectivity index (χ2v) is 7.30. The average molecular weight is 469 g/mol. The summed E-state index contributed by atoms with van der Waals surface area (Å²) in [7, 11) is 0. The van der Waals surface area contributed by atoms with E-state index in [0.29, 0.717) is 15.7 Å². The van der Waals surface area contributed by atoms with Crippen LogP contribution in [0.25, 0.3) is 11.3 Å². The number of rotatable bonds is 3. The molecular formula is C19H15Cl2IN2. The van der Waals surface area contributed by atoms with Crippen LogP contribution in [0.1, 0.15) is 18.2 Å². The first-order valence-corrected chi connectivity index (χ1v) is 9.31. The lowest BCUT2D eigenvalue weighted by atomic mass is 9.97. The van der Waals surface area contributed by atoms with Crippen LogP contribution in [0.4, 0.5) is 0 Å². The summed E-state index contributed by atoms with van der Waals surface area (Å²) in [6.45, 7) is 7.08. The van der Waals surface area contributed by atoms with Gasteiger partial charge in [0.05, 0.1) is 15.7 Å². The van der Waals surface area contributed by atoms with Crippen LogP contribution in [0.15, 0.2) is 64.5 Å². The van der Waals surface area contributed by atoms with E-state index >= 15 is 0 Å². The zero-order valence-electron chi connectivity index (χ0n) is 13.1. The molecule has 0 radical (unpaired) electrons. The molecule has 2 heterocycles. The topological polar surface area (TPSA) is 16.1 Å². The van der Waals surface area contributed by atoms with Gasteiger partial charge in [0.25, 0.3) is 0 Å². The molecule has 0 atom stereocenters. The Balaban J connectivity index is 2.32. The van der Waals surface area contributed by atoms with Gasteiger partial charge in [-0.15, -0.1) is 0 Å².